The Morgan fingerprint density at radius 3 is 2.78 bits per heavy atom. The quantitative estimate of drug-likeness (QED) is 0.724. The summed E-state index contributed by atoms with van der Waals surface area (Å²) in [4.78, 5) is 22.7. The van der Waals surface area contributed by atoms with E-state index in [-0.39, 0.29) is 21.9 Å². The number of fused-ring (bicyclic) bond motifs is 1. The van der Waals surface area contributed by atoms with Crippen LogP contribution in [0.15, 0.2) is 47.4 Å². The number of halogens is 1. The van der Waals surface area contributed by atoms with Crippen molar-refractivity contribution in [1.82, 2.24) is 14.9 Å². The third kappa shape index (κ3) is 3.33. The highest BCUT2D eigenvalue weighted by atomic mass is 35.5. The maximum absolute atomic E-state index is 13.1. The predicted octanol–water partition coefficient (Wildman–Crippen LogP) is 3.60. The number of likely N-dealkylation sites (tertiary alicyclic amines) is 1. The zero-order chi connectivity index (χ0) is 19.2. The highest BCUT2D eigenvalue weighted by Crippen LogP contribution is 2.33. The number of rotatable bonds is 3. The van der Waals surface area contributed by atoms with Gasteiger partial charge in [-0.05, 0) is 43.2 Å². The number of carbonyl (C=O) groups is 1. The fourth-order valence-corrected chi connectivity index (χ4v) is 4.81. The molecule has 6 nitrogen and oxygen atoms in total. The summed E-state index contributed by atoms with van der Waals surface area (Å²) in [6.45, 7) is 0.595. The number of hydrogen-bond donors (Lipinski definition) is 1. The van der Waals surface area contributed by atoms with Gasteiger partial charge in [0.25, 0.3) is 5.91 Å². The van der Waals surface area contributed by atoms with E-state index in [2.05, 4.69) is 9.97 Å². The van der Waals surface area contributed by atoms with Gasteiger partial charge in [-0.3, -0.25) is 4.79 Å². The minimum Gasteiger partial charge on any atom is -0.340 e. The number of nitrogens with one attached hydrogen (secondary N) is 1. The van der Waals surface area contributed by atoms with E-state index in [9.17, 15) is 13.2 Å². The molecule has 27 heavy (non-hydrogen) atoms. The lowest BCUT2D eigenvalue weighted by Gasteiger charge is -2.23. The van der Waals surface area contributed by atoms with Gasteiger partial charge in [-0.2, -0.15) is 0 Å². The monoisotopic (exact) mass is 403 g/mol. The Labute approximate surface area is 162 Å². The summed E-state index contributed by atoms with van der Waals surface area (Å²) >= 11 is 6.00. The highest BCUT2D eigenvalue weighted by Gasteiger charge is 2.33. The molecule has 1 fully saturated rings. The number of hydrogen-bond acceptors (Lipinski definition) is 4. The Kier molecular flexibility index (Phi) is 4.44. The summed E-state index contributed by atoms with van der Waals surface area (Å²) in [5.41, 5.74) is 2.10. The number of aromatic amines is 1. The van der Waals surface area contributed by atoms with Crippen molar-refractivity contribution in [3.8, 4) is 0 Å². The molecule has 0 bridgehead atoms. The summed E-state index contributed by atoms with van der Waals surface area (Å²) in [6, 6.07) is 11.9. The molecule has 2 heterocycles. The molecule has 1 amide bonds. The lowest BCUT2D eigenvalue weighted by atomic mass is 10.1. The van der Waals surface area contributed by atoms with Crippen LogP contribution < -0.4 is 0 Å². The number of imidazole rings is 1. The molecular weight excluding hydrogens is 386 g/mol. The Bertz CT molecular complexity index is 1110. The Balaban J connectivity index is 1.69. The van der Waals surface area contributed by atoms with Gasteiger partial charge in [0, 0.05) is 18.4 Å². The van der Waals surface area contributed by atoms with Crippen LogP contribution in [0.5, 0.6) is 0 Å². The lowest BCUT2D eigenvalue weighted by Crippen LogP contribution is -2.31. The Morgan fingerprint density at radius 1 is 1.26 bits per heavy atom. The average Bonchev–Trinajstić information content (AvgIpc) is 3.27. The molecule has 1 aliphatic heterocycles. The van der Waals surface area contributed by atoms with Gasteiger partial charge in [0.05, 0.1) is 27.0 Å². The second kappa shape index (κ2) is 6.65. The number of benzene rings is 2. The van der Waals surface area contributed by atoms with Crippen LogP contribution >= 0.6 is 11.6 Å². The molecule has 140 valence electrons. The van der Waals surface area contributed by atoms with Crippen molar-refractivity contribution in [3.05, 3.63) is 58.9 Å². The largest absolute Gasteiger partial charge is 0.340 e. The standard InChI is InChI=1S/C19H18ClN3O3S/c1-27(25,26)17-11-12(8-9-13(17)20)19(24)23-10-4-7-16(23)18-21-14-5-2-3-6-15(14)22-18/h2-3,5-6,8-9,11,16H,4,7,10H2,1H3,(H,21,22)/t16-/m0/s1. The molecule has 0 spiro atoms. The van der Waals surface area contributed by atoms with Crippen molar-refractivity contribution in [1.29, 1.82) is 0 Å². The van der Waals surface area contributed by atoms with E-state index in [1.807, 2.05) is 24.3 Å². The van der Waals surface area contributed by atoms with Crippen LogP contribution in [0.1, 0.15) is 35.1 Å². The zero-order valence-electron chi connectivity index (χ0n) is 14.6. The van der Waals surface area contributed by atoms with E-state index in [0.717, 1.165) is 36.0 Å². The topological polar surface area (TPSA) is 83.1 Å². The van der Waals surface area contributed by atoms with Crippen molar-refractivity contribution in [2.45, 2.75) is 23.8 Å². The molecule has 8 heteroatoms. The summed E-state index contributed by atoms with van der Waals surface area (Å²) in [7, 11) is -3.52. The zero-order valence-corrected chi connectivity index (χ0v) is 16.2. The normalized spacial score (nSPS) is 17.6. The molecule has 1 saturated heterocycles. The summed E-state index contributed by atoms with van der Waals surface area (Å²) in [5.74, 6) is 0.527. The van der Waals surface area contributed by atoms with Crippen LogP contribution in [0.4, 0.5) is 0 Å². The highest BCUT2D eigenvalue weighted by molar-refractivity contribution is 7.90. The SMILES string of the molecule is CS(=O)(=O)c1cc(C(=O)N2CCC[C@H]2c2nc3ccccc3[nH]2)ccc1Cl. The molecular formula is C19H18ClN3O3S. The van der Waals surface area contributed by atoms with Crippen LogP contribution in [0.2, 0.25) is 5.02 Å². The van der Waals surface area contributed by atoms with Crippen LogP contribution in [-0.4, -0.2) is 42.0 Å². The number of sulfone groups is 1. The summed E-state index contributed by atoms with van der Waals surface area (Å²) < 4.78 is 23.8. The van der Waals surface area contributed by atoms with Gasteiger partial charge in [0.15, 0.2) is 9.84 Å². The van der Waals surface area contributed by atoms with E-state index < -0.39 is 9.84 Å². The molecule has 0 saturated carbocycles. The fraction of sp³-hybridized carbons (Fsp3) is 0.263. The maximum atomic E-state index is 13.1. The van der Waals surface area contributed by atoms with Crippen LogP contribution in [0, 0.1) is 0 Å². The van der Waals surface area contributed by atoms with Gasteiger partial charge >= 0.3 is 0 Å². The van der Waals surface area contributed by atoms with Crippen LogP contribution in [0.3, 0.4) is 0 Å². The van der Waals surface area contributed by atoms with E-state index in [0.29, 0.717) is 12.1 Å². The number of para-hydroxylation sites is 2. The molecule has 0 aliphatic carbocycles. The molecule has 1 aromatic heterocycles. The Hall–Kier alpha value is -2.38. The number of amides is 1. The Morgan fingerprint density at radius 2 is 2.04 bits per heavy atom. The molecule has 0 unspecified atom stereocenters. The van der Waals surface area contributed by atoms with Crippen molar-refractivity contribution in [2.24, 2.45) is 0 Å². The molecule has 4 rings (SSSR count). The fourth-order valence-electron chi connectivity index (χ4n) is 3.51. The lowest BCUT2D eigenvalue weighted by molar-refractivity contribution is 0.0730. The minimum absolute atomic E-state index is 0.0329. The first-order valence-corrected chi connectivity index (χ1v) is 10.9. The number of aromatic nitrogens is 2. The van der Waals surface area contributed by atoms with Crippen molar-refractivity contribution in [2.75, 3.05) is 12.8 Å². The molecule has 1 N–H and O–H groups in total. The minimum atomic E-state index is -3.52. The van der Waals surface area contributed by atoms with Gasteiger partial charge < -0.3 is 9.88 Å². The summed E-state index contributed by atoms with van der Waals surface area (Å²) in [6.07, 6.45) is 2.74. The number of nitrogens with zero attached hydrogens (tertiary/aromatic N) is 2. The van der Waals surface area contributed by atoms with Crippen molar-refractivity contribution >= 4 is 38.4 Å². The van der Waals surface area contributed by atoms with Gasteiger partial charge in [-0.1, -0.05) is 23.7 Å². The van der Waals surface area contributed by atoms with Gasteiger partial charge in [0.1, 0.15) is 5.82 Å². The van der Waals surface area contributed by atoms with E-state index in [1.54, 1.807) is 11.0 Å². The van der Waals surface area contributed by atoms with Crippen LogP contribution in [-0.2, 0) is 9.84 Å². The first kappa shape index (κ1) is 18.0. The van der Waals surface area contributed by atoms with E-state index in [4.69, 9.17) is 11.6 Å². The second-order valence-electron chi connectivity index (χ2n) is 6.71. The van der Waals surface area contributed by atoms with E-state index in [1.165, 1.54) is 12.1 Å². The third-order valence-corrected chi connectivity index (χ3v) is 6.39. The molecule has 0 radical (unpaired) electrons. The van der Waals surface area contributed by atoms with Gasteiger partial charge in [-0.15, -0.1) is 0 Å². The first-order valence-electron chi connectivity index (χ1n) is 8.60. The van der Waals surface area contributed by atoms with Gasteiger partial charge in [0.2, 0.25) is 0 Å². The second-order valence-corrected chi connectivity index (χ2v) is 9.10. The molecule has 1 aliphatic rings. The van der Waals surface area contributed by atoms with Crippen molar-refractivity contribution in [3.63, 3.8) is 0 Å². The van der Waals surface area contributed by atoms with E-state index >= 15 is 0 Å². The van der Waals surface area contributed by atoms with Crippen LogP contribution in [0.25, 0.3) is 11.0 Å². The smallest absolute Gasteiger partial charge is 0.254 e. The average molecular weight is 404 g/mol. The first-order chi connectivity index (χ1) is 12.8. The molecule has 2 aromatic carbocycles. The van der Waals surface area contributed by atoms with Crippen molar-refractivity contribution < 1.29 is 13.2 Å². The molecule has 3 aromatic rings. The maximum Gasteiger partial charge on any atom is 0.254 e. The number of H-pyrrole nitrogens is 1. The molecule has 1 atom stereocenters. The van der Waals surface area contributed by atoms with Gasteiger partial charge in [-0.25, -0.2) is 13.4 Å². The summed E-state index contributed by atoms with van der Waals surface area (Å²) in [5, 5.41) is 0.115. The third-order valence-electron chi connectivity index (χ3n) is 4.81. The predicted molar refractivity (Wildman–Crippen MR) is 104 cm³/mol. The number of carbonyl (C=O) groups excluding carboxylic acids is 1.